The van der Waals surface area contributed by atoms with E-state index in [2.05, 4.69) is 10.6 Å². The predicted octanol–water partition coefficient (Wildman–Crippen LogP) is 1.72. The van der Waals surface area contributed by atoms with E-state index in [9.17, 15) is 27.6 Å². The molecule has 3 N–H and O–H groups in total. The monoisotopic (exact) mass is 362 g/mol. The maximum absolute atomic E-state index is 12.9. The fraction of sp³-hybridized carbons (Fsp3) is 0.357. The first-order valence-corrected chi connectivity index (χ1v) is 7.84. The van der Waals surface area contributed by atoms with Crippen molar-refractivity contribution in [3.05, 3.63) is 29.8 Å². The van der Waals surface area contributed by atoms with Crippen LogP contribution >= 0.6 is 11.8 Å². The summed E-state index contributed by atoms with van der Waals surface area (Å²) in [5.41, 5.74) is -1.37. The Morgan fingerprint density at radius 3 is 2.58 bits per heavy atom. The average Bonchev–Trinajstić information content (AvgIpc) is 2.48. The molecule has 1 heterocycles. The second-order valence-electron chi connectivity index (χ2n) is 5.02. The van der Waals surface area contributed by atoms with E-state index in [0.717, 1.165) is 23.9 Å². The third kappa shape index (κ3) is 4.40. The van der Waals surface area contributed by atoms with Gasteiger partial charge in [0.05, 0.1) is 16.5 Å². The van der Waals surface area contributed by atoms with Crippen LogP contribution in [0.4, 0.5) is 18.9 Å². The lowest BCUT2D eigenvalue weighted by Crippen LogP contribution is -2.51. The van der Waals surface area contributed by atoms with Crippen molar-refractivity contribution in [3.63, 3.8) is 0 Å². The van der Waals surface area contributed by atoms with Crippen LogP contribution in [0.25, 0.3) is 0 Å². The number of rotatable bonds is 4. The number of carboxylic acids is 1. The van der Waals surface area contributed by atoms with E-state index in [4.69, 9.17) is 5.11 Å². The number of benzene rings is 1. The Morgan fingerprint density at radius 1 is 1.33 bits per heavy atom. The quantitative estimate of drug-likeness (QED) is 0.758. The van der Waals surface area contributed by atoms with Crippen molar-refractivity contribution in [1.82, 2.24) is 5.32 Å². The van der Waals surface area contributed by atoms with Crippen molar-refractivity contribution >= 4 is 35.2 Å². The Balaban J connectivity index is 2.00. The fourth-order valence-corrected chi connectivity index (χ4v) is 3.23. The minimum atomic E-state index is -4.62. The van der Waals surface area contributed by atoms with E-state index in [1.54, 1.807) is 0 Å². The number of para-hydroxylation sites is 1. The van der Waals surface area contributed by atoms with Gasteiger partial charge in [0, 0.05) is 12.2 Å². The number of carboxylic acid groups (broad SMARTS) is 1. The molecule has 10 heteroatoms. The summed E-state index contributed by atoms with van der Waals surface area (Å²) in [7, 11) is 0. The Kier molecular flexibility index (Phi) is 5.37. The van der Waals surface area contributed by atoms with E-state index >= 15 is 0 Å². The molecule has 2 atom stereocenters. The number of amides is 2. The predicted molar refractivity (Wildman–Crippen MR) is 80.5 cm³/mol. The molecule has 1 aliphatic heterocycles. The number of alkyl halides is 3. The molecule has 1 aromatic carbocycles. The molecule has 0 aromatic heterocycles. The van der Waals surface area contributed by atoms with Crippen LogP contribution in [0.2, 0.25) is 0 Å². The SMILES string of the molecule is O=C(CC1SCC(C(=O)O)NC1=O)Nc1ccccc1C(F)(F)F. The molecular formula is C14H13F3N2O4S. The summed E-state index contributed by atoms with van der Waals surface area (Å²) in [4.78, 5) is 34.5. The van der Waals surface area contributed by atoms with Gasteiger partial charge in [0.2, 0.25) is 11.8 Å². The summed E-state index contributed by atoms with van der Waals surface area (Å²) in [6.07, 6.45) is -4.97. The van der Waals surface area contributed by atoms with Gasteiger partial charge in [-0.1, -0.05) is 12.1 Å². The molecule has 0 bridgehead atoms. The normalized spacial score (nSPS) is 21.0. The molecule has 0 aliphatic carbocycles. The lowest BCUT2D eigenvalue weighted by Gasteiger charge is -2.26. The second kappa shape index (κ2) is 7.12. The summed E-state index contributed by atoms with van der Waals surface area (Å²) in [5.74, 6) is -2.48. The van der Waals surface area contributed by atoms with E-state index < -0.39 is 40.8 Å². The van der Waals surface area contributed by atoms with Crippen LogP contribution in [0.3, 0.4) is 0 Å². The Hall–Kier alpha value is -2.23. The number of carbonyl (C=O) groups excluding carboxylic acids is 2. The highest BCUT2D eigenvalue weighted by Crippen LogP contribution is 2.34. The van der Waals surface area contributed by atoms with Crippen LogP contribution in [0.5, 0.6) is 0 Å². The lowest BCUT2D eigenvalue weighted by atomic mass is 10.1. The minimum absolute atomic E-state index is 0.0815. The van der Waals surface area contributed by atoms with E-state index in [0.29, 0.717) is 0 Å². The second-order valence-corrected chi connectivity index (χ2v) is 6.25. The first kappa shape index (κ1) is 18.1. The van der Waals surface area contributed by atoms with Crippen LogP contribution in [-0.2, 0) is 20.6 Å². The number of hydrogen-bond donors (Lipinski definition) is 3. The topological polar surface area (TPSA) is 95.5 Å². The van der Waals surface area contributed by atoms with Gasteiger partial charge >= 0.3 is 12.1 Å². The van der Waals surface area contributed by atoms with Crippen molar-refractivity contribution in [2.24, 2.45) is 0 Å². The van der Waals surface area contributed by atoms with Crippen molar-refractivity contribution in [2.45, 2.75) is 23.9 Å². The Bertz CT molecular complexity index is 666. The van der Waals surface area contributed by atoms with Crippen molar-refractivity contribution in [1.29, 1.82) is 0 Å². The zero-order valence-corrected chi connectivity index (χ0v) is 12.9. The number of aliphatic carboxylic acids is 1. The summed E-state index contributed by atoms with van der Waals surface area (Å²) in [6, 6.07) is 3.48. The molecule has 24 heavy (non-hydrogen) atoms. The van der Waals surface area contributed by atoms with E-state index in [1.165, 1.54) is 12.1 Å². The molecule has 1 aliphatic rings. The number of nitrogens with one attached hydrogen (secondary N) is 2. The minimum Gasteiger partial charge on any atom is -0.480 e. The molecule has 1 saturated heterocycles. The molecule has 130 valence electrons. The molecule has 1 fully saturated rings. The van der Waals surface area contributed by atoms with Crippen LogP contribution in [0.15, 0.2) is 24.3 Å². The van der Waals surface area contributed by atoms with E-state index in [1.807, 2.05) is 0 Å². The molecule has 0 radical (unpaired) electrons. The number of halogens is 3. The average molecular weight is 362 g/mol. The van der Waals surface area contributed by atoms with Crippen molar-refractivity contribution < 1.29 is 32.7 Å². The molecule has 1 aromatic rings. The third-order valence-electron chi connectivity index (χ3n) is 3.25. The van der Waals surface area contributed by atoms with Gasteiger partial charge in [-0.3, -0.25) is 9.59 Å². The first-order valence-electron chi connectivity index (χ1n) is 6.79. The molecule has 0 saturated carbocycles. The van der Waals surface area contributed by atoms with Gasteiger partial charge in [-0.15, -0.1) is 11.8 Å². The summed E-state index contributed by atoms with van der Waals surface area (Å²) < 4.78 is 38.6. The molecule has 0 spiro atoms. The zero-order valence-electron chi connectivity index (χ0n) is 12.1. The maximum Gasteiger partial charge on any atom is 0.418 e. The number of carbonyl (C=O) groups is 3. The van der Waals surface area contributed by atoms with E-state index in [-0.39, 0.29) is 17.9 Å². The van der Waals surface area contributed by atoms with Gasteiger partial charge in [-0.05, 0) is 12.1 Å². The van der Waals surface area contributed by atoms with Crippen LogP contribution in [0.1, 0.15) is 12.0 Å². The third-order valence-corrected chi connectivity index (χ3v) is 4.56. The maximum atomic E-state index is 12.9. The highest BCUT2D eigenvalue weighted by molar-refractivity contribution is 8.00. The molecule has 2 amide bonds. The highest BCUT2D eigenvalue weighted by atomic mass is 32.2. The van der Waals surface area contributed by atoms with Gasteiger partial charge in [0.15, 0.2) is 0 Å². The lowest BCUT2D eigenvalue weighted by molar-refractivity contribution is -0.141. The largest absolute Gasteiger partial charge is 0.480 e. The zero-order chi connectivity index (χ0) is 17.9. The Morgan fingerprint density at radius 2 is 2.00 bits per heavy atom. The smallest absolute Gasteiger partial charge is 0.418 e. The van der Waals surface area contributed by atoms with Crippen LogP contribution in [0, 0.1) is 0 Å². The molecular weight excluding hydrogens is 349 g/mol. The van der Waals surface area contributed by atoms with Gasteiger partial charge in [-0.25, -0.2) is 4.79 Å². The van der Waals surface area contributed by atoms with Gasteiger partial charge in [-0.2, -0.15) is 13.2 Å². The Labute approximate surface area is 138 Å². The van der Waals surface area contributed by atoms with Crippen molar-refractivity contribution in [2.75, 3.05) is 11.1 Å². The summed E-state index contributed by atoms with van der Waals surface area (Å²) in [5, 5.41) is 12.4. The fourth-order valence-electron chi connectivity index (χ4n) is 2.09. The van der Waals surface area contributed by atoms with Crippen LogP contribution in [-0.4, -0.2) is 39.9 Å². The van der Waals surface area contributed by atoms with Gasteiger partial charge < -0.3 is 15.7 Å². The molecule has 6 nitrogen and oxygen atoms in total. The molecule has 2 rings (SSSR count). The van der Waals surface area contributed by atoms with Crippen molar-refractivity contribution in [3.8, 4) is 0 Å². The summed E-state index contributed by atoms with van der Waals surface area (Å²) >= 11 is 0.980. The molecule has 2 unspecified atom stereocenters. The highest BCUT2D eigenvalue weighted by Gasteiger charge is 2.35. The van der Waals surface area contributed by atoms with Gasteiger partial charge in [0.25, 0.3) is 0 Å². The number of hydrogen-bond acceptors (Lipinski definition) is 4. The number of anilines is 1. The first-order chi connectivity index (χ1) is 11.2. The van der Waals surface area contributed by atoms with Gasteiger partial charge in [0.1, 0.15) is 6.04 Å². The number of thioether (sulfide) groups is 1. The standard InChI is InChI=1S/C14H13F3N2O4S/c15-14(16,17)7-3-1-2-4-8(7)18-11(20)5-10-12(21)19-9(6-24-10)13(22)23/h1-4,9-10H,5-6H2,(H,18,20)(H,19,21)(H,22,23). The van der Waals surface area contributed by atoms with Crippen LogP contribution < -0.4 is 10.6 Å². The summed E-state index contributed by atoms with van der Waals surface area (Å²) in [6.45, 7) is 0.